The van der Waals surface area contributed by atoms with Gasteiger partial charge in [0.1, 0.15) is 12.4 Å². The average Bonchev–Trinajstić information content (AvgIpc) is 2.75. The first-order valence-electron chi connectivity index (χ1n) is 11.3. The quantitative estimate of drug-likeness (QED) is 0.618. The van der Waals surface area contributed by atoms with E-state index in [9.17, 15) is 4.79 Å². The first-order valence-corrected chi connectivity index (χ1v) is 11.6. The van der Waals surface area contributed by atoms with Gasteiger partial charge in [0.25, 0.3) is 0 Å². The van der Waals surface area contributed by atoms with Crippen molar-refractivity contribution in [1.82, 2.24) is 10.4 Å². The highest BCUT2D eigenvalue weighted by atomic mass is 35.5. The highest BCUT2D eigenvalue weighted by Crippen LogP contribution is 2.32. The Labute approximate surface area is 189 Å². The summed E-state index contributed by atoms with van der Waals surface area (Å²) in [5.41, 5.74) is 7.59. The smallest absolute Gasteiger partial charge is 0.249 e. The van der Waals surface area contributed by atoms with Gasteiger partial charge in [-0.2, -0.15) is 0 Å². The fourth-order valence-electron chi connectivity index (χ4n) is 4.57. The molecule has 5 nitrogen and oxygen atoms in total. The molecule has 1 unspecified atom stereocenters. The van der Waals surface area contributed by atoms with Gasteiger partial charge in [-0.15, -0.1) is 0 Å². The molecule has 166 valence electrons. The molecule has 1 saturated heterocycles. The Balaban J connectivity index is 1.32. The van der Waals surface area contributed by atoms with Crippen LogP contribution < -0.4 is 10.2 Å². The van der Waals surface area contributed by atoms with E-state index in [2.05, 4.69) is 41.6 Å². The summed E-state index contributed by atoms with van der Waals surface area (Å²) in [5, 5.41) is 0.767. The second kappa shape index (κ2) is 10.0. The molecule has 6 heteroatoms. The second-order valence-corrected chi connectivity index (χ2v) is 8.80. The number of hydrogen-bond acceptors (Lipinski definition) is 4. The molecule has 2 aliphatic rings. The minimum absolute atomic E-state index is 0.000787. The van der Waals surface area contributed by atoms with Crippen molar-refractivity contribution in [2.45, 2.75) is 52.2 Å². The Morgan fingerprint density at radius 1 is 1.19 bits per heavy atom. The van der Waals surface area contributed by atoms with E-state index < -0.39 is 0 Å². The molecule has 1 atom stereocenters. The normalized spacial score (nSPS) is 18.9. The molecular formula is C25H31ClN2O3. The Hall–Kier alpha value is -2.08. The van der Waals surface area contributed by atoms with Gasteiger partial charge < -0.3 is 4.74 Å². The third-order valence-corrected chi connectivity index (χ3v) is 6.83. The summed E-state index contributed by atoms with van der Waals surface area (Å²) in [6.07, 6.45) is 4.12. The number of likely N-dealkylation sites (tertiary alicyclic amines) is 1. The van der Waals surface area contributed by atoms with Gasteiger partial charge in [-0.05, 0) is 67.5 Å². The Morgan fingerprint density at radius 2 is 2.03 bits per heavy atom. The number of carbonyl (C=O) groups excluding carboxylic acids is 1. The molecule has 31 heavy (non-hydrogen) atoms. The summed E-state index contributed by atoms with van der Waals surface area (Å²) in [4.78, 5) is 19.4. The highest BCUT2D eigenvalue weighted by Gasteiger charge is 2.37. The minimum Gasteiger partial charge on any atom is -0.489 e. The molecule has 1 fully saturated rings. The van der Waals surface area contributed by atoms with Crippen molar-refractivity contribution in [3.63, 3.8) is 0 Å². The number of hydrogen-bond donors (Lipinski definition) is 1. The van der Waals surface area contributed by atoms with E-state index in [1.54, 1.807) is 0 Å². The molecule has 0 bridgehead atoms. The molecule has 4 rings (SSSR count). The zero-order chi connectivity index (χ0) is 21.8. The first kappa shape index (κ1) is 22.1. The van der Waals surface area contributed by atoms with Crippen LogP contribution in [0.25, 0.3) is 0 Å². The number of benzene rings is 2. The van der Waals surface area contributed by atoms with Crippen LogP contribution in [0.3, 0.4) is 0 Å². The topological polar surface area (TPSA) is 50.8 Å². The maximum atomic E-state index is 12.0. The molecule has 2 aromatic carbocycles. The zero-order valence-corrected chi connectivity index (χ0v) is 19.1. The van der Waals surface area contributed by atoms with Crippen molar-refractivity contribution in [3.05, 3.63) is 63.7 Å². The molecule has 0 saturated carbocycles. The molecule has 1 aliphatic heterocycles. The number of nitrogens with one attached hydrogen (secondary N) is 1. The number of aryl methyl sites for hydroxylation is 2. The average molecular weight is 443 g/mol. The monoisotopic (exact) mass is 442 g/mol. The predicted molar refractivity (Wildman–Crippen MR) is 122 cm³/mol. The number of amides is 1. The maximum Gasteiger partial charge on any atom is 0.249 e. The first-order chi connectivity index (χ1) is 15.1. The van der Waals surface area contributed by atoms with Crippen LogP contribution in [-0.4, -0.2) is 36.5 Å². The lowest BCUT2D eigenvalue weighted by molar-refractivity contribution is -0.144. The lowest BCUT2D eigenvalue weighted by Crippen LogP contribution is -2.58. The SMILES string of the molecule is CCONC(=O)C1CN(C2CCc3cc(OCc4c(Cl)cccc4CC)ccc3C2)C1. The van der Waals surface area contributed by atoms with Crippen LogP contribution in [0.5, 0.6) is 5.75 Å². The number of ether oxygens (including phenoxy) is 1. The molecule has 1 heterocycles. The summed E-state index contributed by atoms with van der Waals surface area (Å²) >= 11 is 6.39. The standard InChI is InChI=1S/C25H31ClN2O3/c1-3-17-6-5-7-24(26)23(17)16-30-22-11-9-18-12-21(10-8-19(18)13-22)28-14-20(15-28)25(29)27-31-4-2/h5-7,9,11,13,20-21H,3-4,8,10,12,14-16H2,1-2H3,(H,27,29). The van der Waals surface area contributed by atoms with Crippen LogP contribution >= 0.6 is 11.6 Å². The van der Waals surface area contributed by atoms with Gasteiger partial charge in [0.05, 0.1) is 12.5 Å². The zero-order valence-electron chi connectivity index (χ0n) is 18.3. The molecule has 1 aliphatic carbocycles. The Bertz CT molecular complexity index is 927. The van der Waals surface area contributed by atoms with Crippen molar-refractivity contribution in [1.29, 1.82) is 0 Å². The lowest BCUT2D eigenvalue weighted by atomic mass is 9.84. The second-order valence-electron chi connectivity index (χ2n) is 8.40. The predicted octanol–water partition coefficient (Wildman–Crippen LogP) is 4.34. The van der Waals surface area contributed by atoms with Gasteiger partial charge in [-0.1, -0.05) is 36.7 Å². The van der Waals surface area contributed by atoms with E-state index in [0.29, 0.717) is 19.3 Å². The van der Waals surface area contributed by atoms with E-state index in [1.807, 2.05) is 19.1 Å². The van der Waals surface area contributed by atoms with Crippen molar-refractivity contribution < 1.29 is 14.4 Å². The van der Waals surface area contributed by atoms with E-state index in [0.717, 1.165) is 55.1 Å². The number of hydroxylamine groups is 1. The van der Waals surface area contributed by atoms with Gasteiger partial charge >= 0.3 is 0 Å². The summed E-state index contributed by atoms with van der Waals surface area (Å²) in [5.74, 6) is 0.943. The van der Waals surface area contributed by atoms with Gasteiger partial charge in [-0.3, -0.25) is 14.5 Å². The number of fused-ring (bicyclic) bond motifs is 1. The van der Waals surface area contributed by atoms with Crippen LogP contribution in [0.2, 0.25) is 5.02 Å². The van der Waals surface area contributed by atoms with E-state index in [-0.39, 0.29) is 11.8 Å². The molecule has 0 spiro atoms. The summed E-state index contributed by atoms with van der Waals surface area (Å²) in [6.45, 7) is 6.61. The summed E-state index contributed by atoms with van der Waals surface area (Å²) in [7, 11) is 0. The molecule has 0 radical (unpaired) electrons. The van der Waals surface area contributed by atoms with Crippen LogP contribution in [0.1, 0.15) is 42.5 Å². The van der Waals surface area contributed by atoms with Crippen molar-refractivity contribution in [2.24, 2.45) is 5.92 Å². The lowest BCUT2D eigenvalue weighted by Gasteiger charge is -2.45. The highest BCUT2D eigenvalue weighted by molar-refractivity contribution is 6.31. The molecule has 1 N–H and O–H groups in total. The van der Waals surface area contributed by atoms with E-state index in [4.69, 9.17) is 21.2 Å². The Morgan fingerprint density at radius 3 is 2.81 bits per heavy atom. The molecular weight excluding hydrogens is 412 g/mol. The van der Waals surface area contributed by atoms with E-state index >= 15 is 0 Å². The van der Waals surface area contributed by atoms with Gasteiger partial charge in [0, 0.05) is 29.7 Å². The van der Waals surface area contributed by atoms with Crippen molar-refractivity contribution in [2.75, 3.05) is 19.7 Å². The summed E-state index contributed by atoms with van der Waals surface area (Å²) in [6, 6.07) is 13.0. The number of nitrogens with zero attached hydrogens (tertiary/aromatic N) is 1. The van der Waals surface area contributed by atoms with Gasteiger partial charge in [0.15, 0.2) is 0 Å². The Kier molecular flexibility index (Phi) is 7.16. The minimum atomic E-state index is 0.000787. The van der Waals surface area contributed by atoms with Gasteiger partial charge in [-0.25, -0.2) is 5.48 Å². The molecule has 2 aromatic rings. The summed E-state index contributed by atoms with van der Waals surface area (Å²) < 4.78 is 6.11. The molecule has 1 amide bonds. The maximum absolute atomic E-state index is 12.0. The fraction of sp³-hybridized carbons (Fsp3) is 0.480. The number of carbonyl (C=O) groups is 1. The third-order valence-electron chi connectivity index (χ3n) is 6.47. The molecule has 0 aromatic heterocycles. The van der Waals surface area contributed by atoms with Crippen LogP contribution in [0.4, 0.5) is 0 Å². The van der Waals surface area contributed by atoms with Crippen molar-refractivity contribution >= 4 is 17.5 Å². The van der Waals surface area contributed by atoms with Crippen LogP contribution in [0.15, 0.2) is 36.4 Å². The third kappa shape index (κ3) is 5.05. The number of halogens is 1. The van der Waals surface area contributed by atoms with E-state index in [1.165, 1.54) is 16.7 Å². The van der Waals surface area contributed by atoms with Crippen LogP contribution in [-0.2, 0) is 35.5 Å². The van der Waals surface area contributed by atoms with Crippen LogP contribution in [0, 0.1) is 5.92 Å². The van der Waals surface area contributed by atoms with Crippen molar-refractivity contribution in [3.8, 4) is 5.75 Å². The number of rotatable bonds is 8. The van der Waals surface area contributed by atoms with Gasteiger partial charge in [0.2, 0.25) is 5.91 Å². The largest absolute Gasteiger partial charge is 0.489 e. The fourth-order valence-corrected chi connectivity index (χ4v) is 4.82.